The fraction of sp³-hybridized carbons (Fsp3) is 0.400. The van der Waals surface area contributed by atoms with Crippen molar-refractivity contribution >= 4 is 11.5 Å². The van der Waals surface area contributed by atoms with Crippen molar-refractivity contribution < 1.29 is 23.8 Å². The average molecular weight is 282 g/mol. The van der Waals surface area contributed by atoms with E-state index in [4.69, 9.17) is 5.11 Å². The summed E-state index contributed by atoms with van der Waals surface area (Å²) in [5, 5.41) is 17.9. The van der Waals surface area contributed by atoms with Gasteiger partial charge in [-0.1, -0.05) is 30.3 Å². The molecule has 1 atom stereocenters. The number of carboxylic acids is 1. The molecule has 1 unspecified atom stereocenters. The van der Waals surface area contributed by atoms with E-state index in [9.17, 15) is 18.7 Å². The van der Waals surface area contributed by atoms with Gasteiger partial charge in [-0.2, -0.15) is 0 Å². The Bertz CT molecular complexity index is 520. The quantitative estimate of drug-likeness (QED) is 0.892. The van der Waals surface area contributed by atoms with E-state index in [-0.39, 0.29) is 19.3 Å². The molecule has 5 heteroatoms. The number of aliphatic hydroxyl groups excluding tert-OH is 1. The van der Waals surface area contributed by atoms with Crippen LogP contribution < -0.4 is 0 Å². The van der Waals surface area contributed by atoms with Crippen molar-refractivity contribution in [3.05, 3.63) is 41.5 Å². The predicted octanol–water partition coefficient (Wildman–Crippen LogP) is 2.88. The molecule has 2 N–H and O–H groups in total. The molecule has 0 aliphatic heterocycles. The second-order valence-corrected chi connectivity index (χ2v) is 5.04. The number of aliphatic carboxylic acids is 1. The normalized spacial score (nSPS) is 19.2. The minimum Gasteiger partial charge on any atom is -0.479 e. The van der Waals surface area contributed by atoms with E-state index in [1.807, 2.05) is 0 Å². The van der Waals surface area contributed by atoms with Crippen molar-refractivity contribution in [2.75, 3.05) is 0 Å². The van der Waals surface area contributed by atoms with Gasteiger partial charge in [0.25, 0.3) is 5.92 Å². The Kier molecular flexibility index (Phi) is 4.18. The third-order valence-electron chi connectivity index (χ3n) is 3.45. The van der Waals surface area contributed by atoms with E-state index in [0.717, 1.165) is 11.1 Å². The first-order valence-corrected chi connectivity index (χ1v) is 6.44. The number of halogens is 2. The third-order valence-corrected chi connectivity index (χ3v) is 3.45. The highest BCUT2D eigenvalue weighted by molar-refractivity contribution is 5.72. The van der Waals surface area contributed by atoms with E-state index in [2.05, 4.69) is 0 Å². The van der Waals surface area contributed by atoms with Crippen LogP contribution in [-0.4, -0.2) is 28.2 Å². The highest BCUT2D eigenvalue weighted by Gasteiger charge is 2.30. The molecule has 0 saturated carbocycles. The number of benzene rings is 1. The van der Waals surface area contributed by atoms with Gasteiger partial charge in [-0.25, -0.2) is 13.6 Å². The Labute approximate surface area is 115 Å². The Hall–Kier alpha value is -1.75. The summed E-state index contributed by atoms with van der Waals surface area (Å²) in [5.74, 6) is -3.86. The third kappa shape index (κ3) is 3.63. The Morgan fingerprint density at radius 3 is 2.45 bits per heavy atom. The SMILES string of the molecule is O=C(O)C(O)Cc1ccc(C2=CCC(F)(F)CC2)cc1. The van der Waals surface area contributed by atoms with E-state index >= 15 is 0 Å². The molecule has 1 aliphatic rings. The first-order chi connectivity index (χ1) is 9.37. The van der Waals surface area contributed by atoms with Gasteiger partial charge in [-0.15, -0.1) is 0 Å². The standard InChI is InChI=1S/C15H16F2O3/c16-15(17)7-5-12(6-8-15)11-3-1-10(2-4-11)9-13(18)14(19)20/h1-5,13,18H,6-9H2,(H,19,20). The van der Waals surface area contributed by atoms with Crippen molar-refractivity contribution in [1.29, 1.82) is 0 Å². The van der Waals surface area contributed by atoms with E-state index in [0.29, 0.717) is 12.0 Å². The summed E-state index contributed by atoms with van der Waals surface area (Å²) in [6.07, 6.45) is 0.134. The largest absolute Gasteiger partial charge is 0.479 e. The minimum absolute atomic E-state index is 0.0345. The number of alkyl halides is 2. The zero-order valence-corrected chi connectivity index (χ0v) is 10.9. The molecule has 20 heavy (non-hydrogen) atoms. The number of carbonyl (C=O) groups is 1. The Morgan fingerprint density at radius 2 is 1.95 bits per heavy atom. The van der Waals surface area contributed by atoms with Crippen molar-refractivity contribution in [1.82, 2.24) is 0 Å². The molecule has 0 spiro atoms. The van der Waals surface area contributed by atoms with Crippen LogP contribution in [-0.2, 0) is 11.2 Å². The molecule has 108 valence electrons. The van der Waals surface area contributed by atoms with Gasteiger partial charge in [-0.3, -0.25) is 0 Å². The maximum Gasteiger partial charge on any atom is 0.332 e. The van der Waals surface area contributed by atoms with Crippen molar-refractivity contribution in [3.63, 3.8) is 0 Å². The van der Waals surface area contributed by atoms with Crippen molar-refractivity contribution in [2.24, 2.45) is 0 Å². The zero-order chi connectivity index (χ0) is 14.8. The monoisotopic (exact) mass is 282 g/mol. The number of carboxylic acid groups (broad SMARTS) is 1. The molecule has 0 amide bonds. The van der Waals surface area contributed by atoms with Gasteiger partial charge in [0.15, 0.2) is 6.10 Å². The summed E-state index contributed by atoms with van der Waals surface area (Å²) in [4.78, 5) is 10.5. The van der Waals surface area contributed by atoms with Crippen LogP contribution in [0.25, 0.3) is 5.57 Å². The average Bonchev–Trinajstić information content (AvgIpc) is 2.39. The van der Waals surface area contributed by atoms with Crippen LogP contribution in [0.4, 0.5) is 8.78 Å². The molecule has 2 rings (SSSR count). The molecule has 0 saturated heterocycles. The lowest BCUT2D eigenvalue weighted by Gasteiger charge is -2.21. The van der Waals surface area contributed by atoms with E-state index in [1.165, 1.54) is 0 Å². The minimum atomic E-state index is -2.60. The van der Waals surface area contributed by atoms with Crippen LogP contribution in [0.3, 0.4) is 0 Å². The fourth-order valence-electron chi connectivity index (χ4n) is 2.22. The van der Waals surface area contributed by atoms with E-state index in [1.54, 1.807) is 30.3 Å². The molecular formula is C15H16F2O3. The van der Waals surface area contributed by atoms with Gasteiger partial charge in [-0.05, 0) is 23.1 Å². The van der Waals surface area contributed by atoms with Gasteiger partial charge < -0.3 is 10.2 Å². The van der Waals surface area contributed by atoms with Crippen LogP contribution in [0, 0.1) is 0 Å². The second kappa shape index (κ2) is 5.71. The van der Waals surface area contributed by atoms with Crippen LogP contribution >= 0.6 is 0 Å². The number of hydrogen-bond donors (Lipinski definition) is 2. The number of allylic oxidation sites excluding steroid dienone is 2. The molecule has 3 nitrogen and oxygen atoms in total. The Balaban J connectivity index is 2.05. The first kappa shape index (κ1) is 14.7. The maximum atomic E-state index is 13.0. The van der Waals surface area contributed by atoms with Crippen LogP contribution in [0.15, 0.2) is 30.3 Å². The molecule has 0 fully saturated rings. The molecule has 1 aromatic rings. The lowest BCUT2D eigenvalue weighted by Crippen LogP contribution is -2.21. The van der Waals surface area contributed by atoms with Gasteiger partial charge in [0.1, 0.15) is 0 Å². The highest BCUT2D eigenvalue weighted by Crippen LogP contribution is 2.36. The van der Waals surface area contributed by atoms with Gasteiger partial charge in [0.2, 0.25) is 0 Å². The number of aliphatic hydroxyl groups is 1. The van der Waals surface area contributed by atoms with Gasteiger partial charge in [0, 0.05) is 19.3 Å². The molecule has 0 bridgehead atoms. The summed E-state index contributed by atoms with van der Waals surface area (Å²) in [5.41, 5.74) is 2.46. The smallest absolute Gasteiger partial charge is 0.332 e. The lowest BCUT2D eigenvalue weighted by molar-refractivity contribution is -0.146. The van der Waals surface area contributed by atoms with Gasteiger partial charge >= 0.3 is 5.97 Å². The second-order valence-electron chi connectivity index (χ2n) is 5.04. The zero-order valence-electron chi connectivity index (χ0n) is 10.9. The molecule has 1 aromatic carbocycles. The topological polar surface area (TPSA) is 57.5 Å². The summed E-state index contributed by atoms with van der Waals surface area (Å²) >= 11 is 0. The highest BCUT2D eigenvalue weighted by atomic mass is 19.3. The molecular weight excluding hydrogens is 266 g/mol. The summed E-state index contributed by atoms with van der Waals surface area (Å²) < 4.78 is 26.1. The summed E-state index contributed by atoms with van der Waals surface area (Å²) in [6, 6.07) is 6.99. The molecule has 0 aromatic heterocycles. The summed E-state index contributed by atoms with van der Waals surface area (Å²) in [7, 11) is 0. The van der Waals surface area contributed by atoms with Crippen molar-refractivity contribution in [3.8, 4) is 0 Å². The van der Waals surface area contributed by atoms with E-state index < -0.39 is 18.0 Å². The Morgan fingerprint density at radius 1 is 1.30 bits per heavy atom. The molecule has 0 heterocycles. The first-order valence-electron chi connectivity index (χ1n) is 6.44. The summed E-state index contributed by atoms with van der Waals surface area (Å²) in [6.45, 7) is 0. The number of hydrogen-bond acceptors (Lipinski definition) is 2. The van der Waals surface area contributed by atoms with Crippen molar-refractivity contribution in [2.45, 2.75) is 37.7 Å². The lowest BCUT2D eigenvalue weighted by atomic mass is 9.91. The predicted molar refractivity (Wildman–Crippen MR) is 70.6 cm³/mol. The van der Waals surface area contributed by atoms with Crippen LogP contribution in [0.1, 0.15) is 30.4 Å². The molecule has 1 aliphatic carbocycles. The van der Waals surface area contributed by atoms with Crippen LogP contribution in [0.2, 0.25) is 0 Å². The van der Waals surface area contributed by atoms with Gasteiger partial charge in [0.05, 0.1) is 0 Å². The fourth-order valence-corrected chi connectivity index (χ4v) is 2.22. The maximum absolute atomic E-state index is 13.0. The molecule has 0 radical (unpaired) electrons. The van der Waals surface area contributed by atoms with Crippen LogP contribution in [0.5, 0.6) is 0 Å². The number of rotatable bonds is 4.